The van der Waals surface area contributed by atoms with Crippen molar-refractivity contribution in [3.8, 4) is 5.75 Å². The van der Waals surface area contributed by atoms with E-state index in [0.717, 1.165) is 0 Å². The van der Waals surface area contributed by atoms with Gasteiger partial charge in [0.05, 0.1) is 10.7 Å². The van der Waals surface area contributed by atoms with Crippen LogP contribution in [-0.4, -0.2) is 12.5 Å². The molecule has 1 amide bonds. The molecule has 2 rings (SSSR count). The van der Waals surface area contributed by atoms with Gasteiger partial charge in [-0.15, -0.1) is 0 Å². The van der Waals surface area contributed by atoms with Crippen LogP contribution in [0.4, 0.5) is 11.4 Å². The Morgan fingerprint density at radius 1 is 1.10 bits per heavy atom. The molecule has 0 radical (unpaired) electrons. The quantitative estimate of drug-likeness (QED) is 0.814. The van der Waals surface area contributed by atoms with Crippen LogP contribution in [0.15, 0.2) is 36.4 Å². The second kappa shape index (κ2) is 6.89. The fourth-order valence-electron chi connectivity index (χ4n) is 1.59. The smallest absolute Gasteiger partial charge is 0.262 e. The van der Waals surface area contributed by atoms with Crippen LogP contribution in [0, 0.1) is 0 Å². The van der Waals surface area contributed by atoms with Gasteiger partial charge in [0.15, 0.2) is 6.61 Å². The molecule has 0 aliphatic heterocycles. The lowest BCUT2D eigenvalue weighted by Gasteiger charge is -2.10. The highest BCUT2D eigenvalue weighted by Gasteiger charge is 2.08. The monoisotopic (exact) mass is 344 g/mol. The molecule has 0 fully saturated rings. The summed E-state index contributed by atoms with van der Waals surface area (Å²) in [6.45, 7) is -0.207. The number of nitrogen functional groups attached to an aromatic ring is 1. The van der Waals surface area contributed by atoms with Crippen molar-refractivity contribution in [3.05, 3.63) is 51.5 Å². The normalized spacial score (nSPS) is 10.2. The maximum Gasteiger partial charge on any atom is 0.262 e. The van der Waals surface area contributed by atoms with Gasteiger partial charge in [0.2, 0.25) is 0 Å². The van der Waals surface area contributed by atoms with E-state index in [2.05, 4.69) is 5.32 Å². The minimum absolute atomic E-state index is 0.207. The molecule has 3 N–H and O–H groups in total. The molecule has 21 heavy (non-hydrogen) atoms. The van der Waals surface area contributed by atoms with Crippen LogP contribution < -0.4 is 15.8 Å². The summed E-state index contributed by atoms with van der Waals surface area (Å²) in [6, 6.07) is 9.51. The van der Waals surface area contributed by atoms with Crippen molar-refractivity contribution in [2.24, 2.45) is 0 Å². The summed E-state index contributed by atoms with van der Waals surface area (Å²) in [5.74, 6) is 0.0277. The van der Waals surface area contributed by atoms with Gasteiger partial charge in [0.1, 0.15) is 5.75 Å². The molecule has 0 atom stereocenters. The molecule has 0 saturated carbocycles. The van der Waals surface area contributed by atoms with E-state index < -0.39 is 0 Å². The molecule has 0 saturated heterocycles. The van der Waals surface area contributed by atoms with Gasteiger partial charge in [-0.2, -0.15) is 0 Å². The van der Waals surface area contributed by atoms with Crippen molar-refractivity contribution in [3.63, 3.8) is 0 Å². The van der Waals surface area contributed by atoms with E-state index in [9.17, 15) is 4.79 Å². The predicted molar refractivity (Wildman–Crippen MR) is 86.5 cm³/mol. The van der Waals surface area contributed by atoms with E-state index in [-0.39, 0.29) is 12.5 Å². The fraction of sp³-hybridized carbons (Fsp3) is 0.0714. The average Bonchev–Trinajstić information content (AvgIpc) is 2.40. The molecule has 0 aromatic heterocycles. The van der Waals surface area contributed by atoms with Gasteiger partial charge < -0.3 is 15.8 Å². The molecule has 4 nitrogen and oxygen atoms in total. The molecule has 110 valence electrons. The summed E-state index contributed by atoms with van der Waals surface area (Å²) >= 11 is 17.6. The lowest BCUT2D eigenvalue weighted by molar-refractivity contribution is -0.118. The molecule has 7 heteroatoms. The Morgan fingerprint density at radius 3 is 2.43 bits per heavy atom. The average molecular weight is 346 g/mol. The van der Waals surface area contributed by atoms with E-state index >= 15 is 0 Å². The number of halogens is 3. The van der Waals surface area contributed by atoms with Gasteiger partial charge in [-0.1, -0.05) is 34.8 Å². The van der Waals surface area contributed by atoms with Crippen molar-refractivity contribution in [1.82, 2.24) is 0 Å². The van der Waals surface area contributed by atoms with Crippen molar-refractivity contribution in [2.45, 2.75) is 0 Å². The Morgan fingerprint density at radius 2 is 1.76 bits per heavy atom. The van der Waals surface area contributed by atoms with Crippen molar-refractivity contribution in [1.29, 1.82) is 0 Å². The van der Waals surface area contributed by atoms with Crippen LogP contribution in [0.1, 0.15) is 0 Å². The summed E-state index contributed by atoms with van der Waals surface area (Å²) in [4.78, 5) is 11.8. The van der Waals surface area contributed by atoms with Crippen LogP contribution in [0.3, 0.4) is 0 Å². The highest BCUT2D eigenvalue weighted by atomic mass is 35.5. The number of ether oxygens (including phenoxy) is 1. The predicted octanol–water partition coefficient (Wildman–Crippen LogP) is 4.25. The topological polar surface area (TPSA) is 64.3 Å². The third-order valence-corrected chi connectivity index (χ3v) is 3.24. The molecular weight excluding hydrogens is 335 g/mol. The first-order chi connectivity index (χ1) is 9.94. The van der Waals surface area contributed by atoms with Crippen LogP contribution in [-0.2, 0) is 4.79 Å². The number of amides is 1. The molecule has 2 aromatic rings. The number of anilines is 2. The zero-order valence-corrected chi connectivity index (χ0v) is 13.0. The number of nitrogens with one attached hydrogen (secondary N) is 1. The Labute approximate surface area is 136 Å². The number of carbonyl (C=O) groups is 1. The highest BCUT2D eigenvalue weighted by molar-refractivity contribution is 6.35. The number of hydrogen-bond acceptors (Lipinski definition) is 3. The van der Waals surface area contributed by atoms with E-state index in [1.54, 1.807) is 36.4 Å². The van der Waals surface area contributed by atoms with Gasteiger partial charge in [-0.25, -0.2) is 0 Å². The van der Waals surface area contributed by atoms with E-state index in [4.69, 9.17) is 45.3 Å². The maximum absolute atomic E-state index is 11.8. The zero-order chi connectivity index (χ0) is 15.4. The summed E-state index contributed by atoms with van der Waals surface area (Å²) in [7, 11) is 0. The Bertz CT molecular complexity index is 657. The van der Waals surface area contributed by atoms with E-state index in [0.29, 0.717) is 32.2 Å². The molecule has 0 unspecified atom stereocenters. The highest BCUT2D eigenvalue weighted by Crippen LogP contribution is 2.25. The Kier molecular flexibility index (Phi) is 5.17. The van der Waals surface area contributed by atoms with Crippen molar-refractivity contribution < 1.29 is 9.53 Å². The number of carbonyl (C=O) groups excluding carboxylic acids is 1. The number of benzene rings is 2. The summed E-state index contributed by atoms with van der Waals surface area (Å²) in [5.41, 5.74) is 6.55. The number of hydrogen-bond donors (Lipinski definition) is 2. The van der Waals surface area contributed by atoms with Gasteiger partial charge in [0.25, 0.3) is 5.91 Å². The molecule has 0 bridgehead atoms. The molecule has 2 aromatic carbocycles. The zero-order valence-electron chi connectivity index (χ0n) is 10.7. The van der Waals surface area contributed by atoms with E-state index in [1.807, 2.05) is 0 Å². The second-order valence-electron chi connectivity index (χ2n) is 4.18. The van der Waals surface area contributed by atoms with Gasteiger partial charge in [-0.05, 0) is 36.4 Å². The number of rotatable bonds is 4. The first-order valence-corrected chi connectivity index (χ1v) is 7.01. The largest absolute Gasteiger partial charge is 0.484 e. The minimum atomic E-state index is -0.376. The first-order valence-electron chi connectivity index (χ1n) is 5.88. The summed E-state index contributed by atoms with van der Waals surface area (Å²) in [6.07, 6.45) is 0. The Balaban J connectivity index is 1.97. The fourth-order valence-corrected chi connectivity index (χ4v) is 2.26. The number of nitrogens with two attached hydrogens (primary N) is 1. The molecule has 0 aliphatic carbocycles. The summed E-state index contributed by atoms with van der Waals surface area (Å²) in [5, 5.41) is 3.86. The molecule has 0 spiro atoms. The third-order valence-electron chi connectivity index (χ3n) is 2.47. The molecule has 0 aliphatic rings. The van der Waals surface area contributed by atoms with Crippen LogP contribution >= 0.6 is 34.8 Å². The van der Waals surface area contributed by atoms with Crippen LogP contribution in [0.2, 0.25) is 15.1 Å². The minimum Gasteiger partial charge on any atom is -0.484 e. The molecule has 0 heterocycles. The maximum atomic E-state index is 11.8. The first kappa shape index (κ1) is 15.8. The lowest BCUT2D eigenvalue weighted by Crippen LogP contribution is -2.20. The summed E-state index contributed by atoms with van der Waals surface area (Å²) < 4.78 is 5.32. The van der Waals surface area contributed by atoms with E-state index in [1.165, 1.54) is 0 Å². The third kappa shape index (κ3) is 4.70. The van der Waals surface area contributed by atoms with Crippen molar-refractivity contribution in [2.75, 3.05) is 17.7 Å². The standard InChI is InChI=1S/C14H11Cl3N2O2/c15-8-3-9(16)5-11(4-8)21-7-14(20)19-13-6-10(18)1-2-12(13)17/h1-6H,7,18H2,(H,19,20). The van der Waals surface area contributed by atoms with Crippen LogP contribution in [0.5, 0.6) is 5.75 Å². The molecular formula is C14H11Cl3N2O2. The van der Waals surface area contributed by atoms with Gasteiger partial charge in [0, 0.05) is 15.7 Å². The van der Waals surface area contributed by atoms with Gasteiger partial charge >= 0.3 is 0 Å². The Hall–Kier alpha value is -1.62. The van der Waals surface area contributed by atoms with Gasteiger partial charge in [-0.3, -0.25) is 4.79 Å². The van der Waals surface area contributed by atoms with Crippen LogP contribution in [0.25, 0.3) is 0 Å². The second-order valence-corrected chi connectivity index (χ2v) is 5.46. The SMILES string of the molecule is Nc1ccc(Cl)c(NC(=O)COc2cc(Cl)cc(Cl)c2)c1. The van der Waals surface area contributed by atoms with Crippen molar-refractivity contribution >= 4 is 52.1 Å². The lowest BCUT2D eigenvalue weighted by atomic mass is 10.3.